The third-order valence-electron chi connectivity index (χ3n) is 0.485. The van der Waals surface area contributed by atoms with Crippen molar-refractivity contribution < 1.29 is 4.79 Å². The minimum atomic E-state index is -0.220. The number of rotatable bonds is 2. The van der Waals surface area contributed by atoms with Crippen LogP contribution in [0, 0.1) is 0 Å². The number of nitrogens with two attached hydrogens (primary N) is 2. The first-order valence-electron chi connectivity index (χ1n) is 1.98. The third kappa shape index (κ3) is 3.21. The zero-order valence-electron chi connectivity index (χ0n) is 3.98. The van der Waals surface area contributed by atoms with E-state index in [2.05, 4.69) is 5.32 Å². The van der Waals surface area contributed by atoms with Crippen LogP contribution in [0.3, 0.4) is 0 Å². The molecule has 0 unspecified atom stereocenters. The van der Waals surface area contributed by atoms with Gasteiger partial charge < -0.3 is 16.8 Å². The minimum Gasteiger partial charge on any atom is -0.343 e. The van der Waals surface area contributed by atoms with Crippen LogP contribution in [0.4, 0.5) is 0 Å². The summed E-state index contributed by atoms with van der Waals surface area (Å²) in [5.41, 5.74) is 9.81. The first-order valence-corrected chi connectivity index (χ1v) is 1.98. The molecule has 0 rings (SSSR count). The number of amides is 1. The van der Waals surface area contributed by atoms with E-state index in [0.29, 0.717) is 0 Å². The average molecular weight is 103 g/mol. The predicted octanol–water partition coefficient (Wildman–Crippen LogP) is -2.02. The van der Waals surface area contributed by atoms with Crippen LogP contribution in [-0.2, 0) is 4.79 Å². The lowest BCUT2D eigenvalue weighted by Crippen LogP contribution is -2.34. The van der Waals surface area contributed by atoms with Crippen LogP contribution in [0.5, 0.6) is 0 Å². The SMILES string of the molecule is NCNC(=O)CN. The molecule has 0 aliphatic heterocycles. The van der Waals surface area contributed by atoms with Crippen molar-refractivity contribution >= 4 is 5.91 Å². The number of carbonyl (C=O) groups excluding carboxylic acids is 1. The quantitative estimate of drug-likeness (QED) is 0.353. The van der Waals surface area contributed by atoms with Crippen molar-refractivity contribution in [1.29, 1.82) is 0 Å². The van der Waals surface area contributed by atoms with Gasteiger partial charge in [-0.3, -0.25) is 4.79 Å². The van der Waals surface area contributed by atoms with E-state index in [1.165, 1.54) is 0 Å². The summed E-state index contributed by atoms with van der Waals surface area (Å²) in [4.78, 5) is 10.1. The van der Waals surface area contributed by atoms with Gasteiger partial charge in [0.15, 0.2) is 0 Å². The van der Waals surface area contributed by atoms with Gasteiger partial charge in [-0.25, -0.2) is 0 Å². The predicted molar refractivity (Wildman–Crippen MR) is 26.3 cm³/mol. The highest BCUT2D eigenvalue weighted by Crippen LogP contribution is 1.50. The highest BCUT2D eigenvalue weighted by Gasteiger charge is 1.88. The molecular weight excluding hydrogens is 94.1 g/mol. The summed E-state index contributed by atoms with van der Waals surface area (Å²) < 4.78 is 0. The van der Waals surface area contributed by atoms with E-state index in [9.17, 15) is 4.79 Å². The summed E-state index contributed by atoms with van der Waals surface area (Å²) in [7, 11) is 0. The second-order valence-electron chi connectivity index (χ2n) is 1.01. The van der Waals surface area contributed by atoms with Crippen molar-refractivity contribution in [3.8, 4) is 0 Å². The van der Waals surface area contributed by atoms with Crippen LogP contribution < -0.4 is 16.8 Å². The average Bonchev–Trinajstić information content (AvgIpc) is 1.68. The van der Waals surface area contributed by atoms with E-state index < -0.39 is 0 Å². The molecule has 0 aromatic heterocycles. The normalized spacial score (nSPS) is 8.29. The van der Waals surface area contributed by atoms with Gasteiger partial charge in [0.1, 0.15) is 0 Å². The Morgan fingerprint density at radius 3 is 2.29 bits per heavy atom. The maximum absolute atomic E-state index is 10.1. The fourth-order valence-electron chi connectivity index (χ4n) is 0.186. The van der Waals surface area contributed by atoms with Crippen molar-refractivity contribution in [2.75, 3.05) is 13.2 Å². The minimum absolute atomic E-state index is 0.0111. The second-order valence-corrected chi connectivity index (χ2v) is 1.01. The van der Waals surface area contributed by atoms with Gasteiger partial charge >= 0.3 is 0 Å². The number of hydrogen-bond acceptors (Lipinski definition) is 3. The molecule has 0 aliphatic carbocycles. The van der Waals surface area contributed by atoms with E-state index in [1.807, 2.05) is 0 Å². The molecule has 4 nitrogen and oxygen atoms in total. The summed E-state index contributed by atoms with van der Waals surface area (Å²) in [5.74, 6) is -0.220. The van der Waals surface area contributed by atoms with Gasteiger partial charge in [0, 0.05) is 0 Å². The van der Waals surface area contributed by atoms with Gasteiger partial charge in [-0.05, 0) is 0 Å². The van der Waals surface area contributed by atoms with Crippen molar-refractivity contribution in [1.82, 2.24) is 5.32 Å². The van der Waals surface area contributed by atoms with Gasteiger partial charge in [-0.2, -0.15) is 0 Å². The molecule has 0 radical (unpaired) electrons. The number of carbonyl (C=O) groups is 1. The Kier molecular flexibility index (Phi) is 3.26. The number of hydrogen-bond donors (Lipinski definition) is 3. The highest BCUT2D eigenvalue weighted by atomic mass is 16.1. The van der Waals surface area contributed by atoms with Crippen LogP contribution >= 0.6 is 0 Å². The largest absolute Gasteiger partial charge is 0.343 e. The molecule has 0 atom stereocenters. The standard InChI is InChI=1S/C3H9N3O/c4-1-3(7)6-2-5/h1-2,4-5H2,(H,6,7). The summed E-state index contributed by atoms with van der Waals surface area (Å²) in [6.45, 7) is 0.174. The molecule has 0 spiro atoms. The molecule has 1 amide bonds. The molecule has 42 valence electrons. The molecule has 4 heteroatoms. The van der Waals surface area contributed by atoms with Crippen molar-refractivity contribution in [2.24, 2.45) is 11.5 Å². The van der Waals surface area contributed by atoms with Crippen LogP contribution in [0.25, 0.3) is 0 Å². The lowest BCUT2D eigenvalue weighted by molar-refractivity contribution is -0.119. The molecule has 0 heterocycles. The Labute approximate surface area is 41.9 Å². The van der Waals surface area contributed by atoms with Crippen molar-refractivity contribution in [3.05, 3.63) is 0 Å². The zero-order chi connectivity index (χ0) is 5.70. The Balaban J connectivity index is 3.00. The summed E-state index contributed by atoms with van der Waals surface area (Å²) in [6, 6.07) is 0. The fourth-order valence-corrected chi connectivity index (χ4v) is 0.186. The Hall–Kier alpha value is -0.610. The number of nitrogens with one attached hydrogen (secondary N) is 1. The Morgan fingerprint density at radius 2 is 2.14 bits per heavy atom. The maximum atomic E-state index is 10.1. The zero-order valence-corrected chi connectivity index (χ0v) is 3.98. The molecule has 7 heavy (non-hydrogen) atoms. The van der Waals surface area contributed by atoms with Gasteiger partial charge in [0.05, 0.1) is 13.2 Å². The Morgan fingerprint density at radius 1 is 1.57 bits per heavy atom. The van der Waals surface area contributed by atoms with E-state index in [0.717, 1.165) is 0 Å². The van der Waals surface area contributed by atoms with Crippen LogP contribution in [0.15, 0.2) is 0 Å². The lowest BCUT2D eigenvalue weighted by atomic mass is 10.6. The molecule has 0 aromatic carbocycles. The molecule has 5 N–H and O–H groups in total. The molecule has 0 aromatic rings. The molecule has 0 saturated heterocycles. The maximum Gasteiger partial charge on any atom is 0.234 e. The third-order valence-corrected chi connectivity index (χ3v) is 0.485. The highest BCUT2D eigenvalue weighted by molar-refractivity contribution is 5.77. The topological polar surface area (TPSA) is 81.1 Å². The summed E-state index contributed by atoms with van der Waals surface area (Å²) in [6.07, 6.45) is 0. The van der Waals surface area contributed by atoms with Gasteiger partial charge in [0.2, 0.25) is 5.91 Å². The van der Waals surface area contributed by atoms with Gasteiger partial charge in [0.25, 0.3) is 0 Å². The summed E-state index contributed by atoms with van der Waals surface area (Å²) >= 11 is 0. The lowest BCUT2D eigenvalue weighted by Gasteiger charge is -1.93. The van der Waals surface area contributed by atoms with Crippen molar-refractivity contribution in [3.63, 3.8) is 0 Å². The molecule has 0 aliphatic rings. The van der Waals surface area contributed by atoms with E-state index in [-0.39, 0.29) is 19.1 Å². The van der Waals surface area contributed by atoms with Gasteiger partial charge in [-0.15, -0.1) is 0 Å². The molecular formula is C3H9N3O. The van der Waals surface area contributed by atoms with Crippen molar-refractivity contribution in [2.45, 2.75) is 0 Å². The summed E-state index contributed by atoms with van der Waals surface area (Å²) in [5, 5.41) is 2.31. The van der Waals surface area contributed by atoms with Crippen LogP contribution in [0.2, 0.25) is 0 Å². The first-order chi connectivity index (χ1) is 3.31. The smallest absolute Gasteiger partial charge is 0.234 e. The molecule has 0 saturated carbocycles. The molecule has 0 fully saturated rings. The van der Waals surface area contributed by atoms with Crippen LogP contribution in [0.1, 0.15) is 0 Å². The fraction of sp³-hybridized carbons (Fsp3) is 0.667. The van der Waals surface area contributed by atoms with Crippen LogP contribution in [-0.4, -0.2) is 19.1 Å². The van der Waals surface area contributed by atoms with E-state index in [4.69, 9.17) is 11.5 Å². The Bertz CT molecular complexity index is 63.2. The van der Waals surface area contributed by atoms with Gasteiger partial charge in [-0.1, -0.05) is 0 Å². The molecule has 0 bridgehead atoms. The van der Waals surface area contributed by atoms with E-state index >= 15 is 0 Å². The van der Waals surface area contributed by atoms with E-state index in [1.54, 1.807) is 0 Å². The second kappa shape index (κ2) is 3.58. The monoisotopic (exact) mass is 103 g/mol. The first kappa shape index (κ1) is 6.39.